The third kappa shape index (κ3) is 7.46. The average Bonchev–Trinajstić information content (AvgIpc) is 3.69. The summed E-state index contributed by atoms with van der Waals surface area (Å²) < 4.78 is 1.37. The molecule has 1 fully saturated rings. The van der Waals surface area contributed by atoms with Gasteiger partial charge in [0.25, 0.3) is 0 Å². The highest BCUT2D eigenvalue weighted by molar-refractivity contribution is 6.06. The largest absolute Gasteiger partial charge is 0.494 e. The lowest BCUT2D eigenvalue weighted by molar-refractivity contribution is -0.127. The Balaban J connectivity index is 1.76. The molecule has 1 saturated carbocycles. The first-order valence-electron chi connectivity index (χ1n) is 13.2. The molecule has 0 saturated heterocycles. The van der Waals surface area contributed by atoms with Gasteiger partial charge in [-0.3, -0.25) is 23.7 Å². The molecular formula is C30H37N3O6. The van der Waals surface area contributed by atoms with Gasteiger partial charge in [0.15, 0.2) is 17.4 Å². The van der Waals surface area contributed by atoms with Crippen LogP contribution in [0.25, 0.3) is 0 Å². The van der Waals surface area contributed by atoms with E-state index in [0.717, 1.165) is 12.8 Å². The Bertz CT molecular complexity index is 1270. The molecule has 39 heavy (non-hydrogen) atoms. The number of aromatic nitrogens is 1. The molecule has 9 heteroatoms. The van der Waals surface area contributed by atoms with Crippen molar-refractivity contribution in [2.45, 2.75) is 71.5 Å². The second kappa shape index (κ2) is 13.1. The summed E-state index contributed by atoms with van der Waals surface area (Å²) in [4.78, 5) is 51.4. The van der Waals surface area contributed by atoms with Gasteiger partial charge in [-0.15, -0.1) is 0 Å². The molecule has 3 rings (SSSR count). The molecule has 0 unspecified atom stereocenters. The van der Waals surface area contributed by atoms with Crippen LogP contribution in [0, 0.1) is 12.8 Å². The maximum Gasteiger partial charge on any atom is 0.228 e. The molecule has 0 bridgehead atoms. The minimum atomic E-state index is -0.970. The molecule has 0 spiro atoms. The fourth-order valence-electron chi connectivity index (χ4n) is 4.44. The van der Waals surface area contributed by atoms with Gasteiger partial charge in [-0.1, -0.05) is 62.4 Å². The van der Waals surface area contributed by atoms with Gasteiger partial charge >= 0.3 is 0 Å². The molecule has 0 radical (unpaired) electrons. The number of aromatic hydroxyl groups is 2. The van der Waals surface area contributed by atoms with Gasteiger partial charge in [-0.05, 0) is 44.2 Å². The molecule has 1 aliphatic rings. The first kappa shape index (κ1) is 29.4. The maximum absolute atomic E-state index is 13.5. The van der Waals surface area contributed by atoms with Crippen molar-refractivity contribution in [3.05, 3.63) is 71.3 Å². The van der Waals surface area contributed by atoms with Crippen LogP contribution in [-0.4, -0.2) is 44.2 Å². The van der Waals surface area contributed by atoms with Crippen molar-refractivity contribution >= 4 is 23.4 Å². The molecule has 9 nitrogen and oxygen atoms in total. The van der Waals surface area contributed by atoms with E-state index in [4.69, 9.17) is 0 Å². The monoisotopic (exact) mass is 535 g/mol. The number of nitrogens with zero attached hydrogens (tertiary/aromatic N) is 1. The first-order chi connectivity index (χ1) is 18.5. The molecule has 208 valence electrons. The molecular weight excluding hydrogens is 498 g/mol. The van der Waals surface area contributed by atoms with Gasteiger partial charge in [0.1, 0.15) is 0 Å². The zero-order valence-corrected chi connectivity index (χ0v) is 22.8. The predicted octanol–water partition coefficient (Wildman–Crippen LogP) is 4.21. The summed E-state index contributed by atoms with van der Waals surface area (Å²) in [5.74, 6) is -2.64. The Morgan fingerprint density at radius 2 is 1.67 bits per heavy atom. The smallest absolute Gasteiger partial charge is 0.228 e. The number of nitrogens with one attached hydrogen (secondary N) is 2. The van der Waals surface area contributed by atoms with Crippen molar-refractivity contribution in [3.8, 4) is 11.8 Å². The van der Waals surface area contributed by atoms with E-state index in [0.29, 0.717) is 5.56 Å². The van der Waals surface area contributed by atoms with Crippen molar-refractivity contribution in [1.82, 2.24) is 15.2 Å². The van der Waals surface area contributed by atoms with Crippen molar-refractivity contribution in [3.63, 3.8) is 0 Å². The highest BCUT2D eigenvalue weighted by Crippen LogP contribution is 2.46. The number of ketones is 2. The van der Waals surface area contributed by atoms with Crippen molar-refractivity contribution in [1.29, 1.82) is 0 Å². The number of carbonyl (C=O) groups excluding carboxylic acids is 4. The fourth-order valence-corrected chi connectivity index (χ4v) is 4.44. The van der Waals surface area contributed by atoms with Gasteiger partial charge in [0, 0.05) is 11.6 Å². The molecule has 2 aromatic rings. The molecule has 1 aliphatic carbocycles. The number of hydrogen-bond acceptors (Lipinski definition) is 6. The number of hydrogen-bond donors (Lipinski definition) is 4. The standard InChI is InChI=1S/C30H37N3O6/c1-5-6-8-13-22(34)16-24(35)31-23(20-11-9-7-10-12-20)17-25(36)32-27(18(2)3)28(37)26-19(4)29(38)33(30(26)39)21-14-15-21/h5-13,18,21,23,27,38-39H,14-17H2,1-4H3,(H,31,35)(H,32,36)/t23-,27-/m0/s1. The minimum Gasteiger partial charge on any atom is -0.494 e. The summed E-state index contributed by atoms with van der Waals surface area (Å²) in [6, 6.07) is 7.15. The van der Waals surface area contributed by atoms with Crippen LogP contribution >= 0.6 is 0 Å². The molecule has 0 aliphatic heterocycles. The zero-order valence-electron chi connectivity index (χ0n) is 22.8. The summed E-state index contributed by atoms with van der Waals surface area (Å²) in [6.07, 6.45) is 7.38. The summed E-state index contributed by atoms with van der Waals surface area (Å²) in [7, 11) is 0. The van der Waals surface area contributed by atoms with E-state index in [2.05, 4.69) is 10.6 Å². The van der Waals surface area contributed by atoms with E-state index in [9.17, 15) is 29.4 Å². The Labute approximate surface area is 228 Å². The zero-order chi connectivity index (χ0) is 28.7. The molecule has 2 atom stereocenters. The maximum atomic E-state index is 13.5. The highest BCUT2D eigenvalue weighted by atomic mass is 16.3. The van der Waals surface area contributed by atoms with Crippen LogP contribution in [0.4, 0.5) is 0 Å². The predicted molar refractivity (Wildman–Crippen MR) is 147 cm³/mol. The third-order valence-corrected chi connectivity index (χ3v) is 6.66. The number of amides is 2. The lowest BCUT2D eigenvalue weighted by Gasteiger charge is -2.24. The van der Waals surface area contributed by atoms with E-state index in [1.165, 1.54) is 10.6 Å². The molecule has 1 heterocycles. The SMILES string of the molecule is CC=CC=CC(=O)CC(=O)N[C@@H](CC(=O)N[C@H](C(=O)c1c(C)c(O)n(C2CC2)c1O)C(C)C)c1ccccc1. The number of Topliss-reactive ketones (excluding diaryl/α,β-unsaturated/α-hetero) is 1. The number of carbonyl (C=O) groups is 4. The minimum absolute atomic E-state index is 0.00389. The lowest BCUT2D eigenvalue weighted by atomic mass is 9.93. The highest BCUT2D eigenvalue weighted by Gasteiger charge is 2.37. The molecule has 1 aromatic carbocycles. The van der Waals surface area contributed by atoms with Crippen LogP contribution in [0.3, 0.4) is 0 Å². The number of benzene rings is 1. The quantitative estimate of drug-likeness (QED) is 0.131. The Kier molecular flexibility index (Phi) is 9.87. The van der Waals surface area contributed by atoms with Gasteiger partial charge < -0.3 is 20.8 Å². The summed E-state index contributed by atoms with van der Waals surface area (Å²) >= 11 is 0. The van der Waals surface area contributed by atoms with Gasteiger partial charge in [-0.25, -0.2) is 0 Å². The van der Waals surface area contributed by atoms with Crippen LogP contribution in [0.1, 0.15) is 80.0 Å². The van der Waals surface area contributed by atoms with Gasteiger partial charge in [-0.2, -0.15) is 0 Å². The third-order valence-electron chi connectivity index (χ3n) is 6.66. The normalized spacial score (nSPS) is 15.0. The molecule has 1 aromatic heterocycles. The number of rotatable bonds is 13. The second-order valence-electron chi connectivity index (χ2n) is 10.2. The van der Waals surface area contributed by atoms with Crippen LogP contribution in [0.5, 0.6) is 11.8 Å². The average molecular weight is 536 g/mol. The molecule has 4 N–H and O–H groups in total. The van der Waals surface area contributed by atoms with E-state index in [-0.39, 0.29) is 53.5 Å². The summed E-state index contributed by atoms with van der Waals surface area (Å²) in [5.41, 5.74) is 0.938. The lowest BCUT2D eigenvalue weighted by Crippen LogP contribution is -2.45. The summed E-state index contributed by atoms with van der Waals surface area (Å²) in [6.45, 7) is 6.93. The van der Waals surface area contributed by atoms with E-state index < -0.39 is 29.7 Å². The Morgan fingerprint density at radius 3 is 2.26 bits per heavy atom. The van der Waals surface area contributed by atoms with Crippen LogP contribution < -0.4 is 10.6 Å². The Morgan fingerprint density at radius 1 is 1.00 bits per heavy atom. The fraction of sp³-hybridized carbons (Fsp3) is 0.400. The first-order valence-corrected chi connectivity index (χ1v) is 13.2. The van der Waals surface area contributed by atoms with Gasteiger partial charge in [0.05, 0.1) is 30.5 Å². The topological polar surface area (TPSA) is 138 Å². The van der Waals surface area contributed by atoms with E-state index in [1.54, 1.807) is 63.3 Å². The van der Waals surface area contributed by atoms with E-state index in [1.807, 2.05) is 13.0 Å². The second-order valence-corrected chi connectivity index (χ2v) is 10.2. The summed E-state index contributed by atoms with van der Waals surface area (Å²) in [5, 5.41) is 26.8. The van der Waals surface area contributed by atoms with Crippen molar-refractivity contribution in [2.24, 2.45) is 5.92 Å². The van der Waals surface area contributed by atoms with Crippen LogP contribution in [0.15, 0.2) is 54.6 Å². The Hall–Kier alpha value is -4.14. The van der Waals surface area contributed by atoms with Crippen LogP contribution in [0.2, 0.25) is 0 Å². The van der Waals surface area contributed by atoms with Crippen molar-refractivity contribution < 1.29 is 29.4 Å². The van der Waals surface area contributed by atoms with Gasteiger partial charge in [0.2, 0.25) is 17.7 Å². The van der Waals surface area contributed by atoms with Crippen molar-refractivity contribution in [2.75, 3.05) is 0 Å². The van der Waals surface area contributed by atoms with E-state index >= 15 is 0 Å². The molecule has 2 amide bonds. The number of allylic oxidation sites excluding steroid dienone is 4. The van der Waals surface area contributed by atoms with Crippen LogP contribution in [-0.2, 0) is 14.4 Å².